The second kappa shape index (κ2) is 6.10. The van der Waals surface area contributed by atoms with Gasteiger partial charge in [-0.05, 0) is 31.2 Å². The summed E-state index contributed by atoms with van der Waals surface area (Å²) in [6.45, 7) is 1.70. The molecule has 0 bridgehead atoms. The number of aliphatic hydroxyl groups excluding tert-OH is 1. The molecule has 21 heavy (non-hydrogen) atoms. The molecule has 2 unspecified atom stereocenters. The highest BCUT2D eigenvalue weighted by Crippen LogP contribution is 2.28. The normalized spacial score (nSPS) is 26.0. The van der Waals surface area contributed by atoms with Crippen LogP contribution in [0.2, 0.25) is 5.02 Å². The van der Waals surface area contributed by atoms with Crippen LogP contribution in [-0.4, -0.2) is 51.4 Å². The van der Waals surface area contributed by atoms with Gasteiger partial charge in [0.1, 0.15) is 6.10 Å². The minimum Gasteiger partial charge on any atom is -0.394 e. The van der Waals surface area contributed by atoms with Gasteiger partial charge in [0, 0.05) is 5.02 Å². The molecular weight excluding hydrogens is 318 g/mol. The molecule has 0 radical (unpaired) electrons. The Labute approximate surface area is 129 Å². The Morgan fingerprint density at radius 1 is 1.43 bits per heavy atom. The number of aliphatic hydroxyl groups is 1. The van der Waals surface area contributed by atoms with Crippen LogP contribution in [0.15, 0.2) is 24.3 Å². The van der Waals surface area contributed by atoms with Gasteiger partial charge in [-0.1, -0.05) is 11.6 Å². The van der Waals surface area contributed by atoms with Crippen molar-refractivity contribution in [2.75, 3.05) is 30.3 Å². The third-order valence-corrected chi connectivity index (χ3v) is 4.53. The Bertz CT molecular complexity index is 591. The minimum atomic E-state index is -3.51. The third-order valence-electron chi connectivity index (χ3n) is 3.14. The summed E-state index contributed by atoms with van der Waals surface area (Å²) in [5.41, 5.74) is 0.475. The second-order valence-corrected chi connectivity index (χ2v) is 7.46. The van der Waals surface area contributed by atoms with Gasteiger partial charge in [-0.2, -0.15) is 0 Å². The molecule has 0 saturated carbocycles. The summed E-state index contributed by atoms with van der Waals surface area (Å²) in [5, 5.41) is 9.61. The molecule has 1 saturated heterocycles. The summed E-state index contributed by atoms with van der Waals surface area (Å²) in [5.74, 6) is -1.10. The fourth-order valence-corrected chi connectivity index (χ4v) is 3.23. The van der Waals surface area contributed by atoms with Gasteiger partial charge in [-0.3, -0.25) is 4.31 Å². The van der Waals surface area contributed by atoms with Crippen LogP contribution in [0.25, 0.3) is 0 Å². The predicted molar refractivity (Wildman–Crippen MR) is 80.0 cm³/mol. The molecule has 1 aromatic carbocycles. The molecule has 8 heteroatoms. The number of halogens is 1. The molecule has 0 aromatic heterocycles. The Morgan fingerprint density at radius 3 is 2.52 bits per heavy atom. The zero-order valence-electron chi connectivity index (χ0n) is 11.8. The van der Waals surface area contributed by atoms with Crippen LogP contribution in [0.5, 0.6) is 0 Å². The average Bonchev–Trinajstić information content (AvgIpc) is 2.78. The van der Waals surface area contributed by atoms with Crippen LogP contribution >= 0.6 is 11.6 Å². The molecular formula is C13H18ClNO5S. The Kier molecular flexibility index (Phi) is 4.79. The highest BCUT2D eigenvalue weighted by molar-refractivity contribution is 7.92. The maximum Gasteiger partial charge on any atom is 0.232 e. The quantitative estimate of drug-likeness (QED) is 0.876. The molecule has 0 amide bonds. The summed E-state index contributed by atoms with van der Waals surface area (Å²) in [7, 11) is -3.51. The summed E-state index contributed by atoms with van der Waals surface area (Å²) < 4.78 is 36.3. The van der Waals surface area contributed by atoms with E-state index in [0.29, 0.717) is 10.7 Å². The van der Waals surface area contributed by atoms with Gasteiger partial charge in [-0.15, -0.1) is 0 Å². The van der Waals surface area contributed by atoms with Crippen molar-refractivity contribution in [1.82, 2.24) is 0 Å². The van der Waals surface area contributed by atoms with Crippen LogP contribution < -0.4 is 4.31 Å². The highest BCUT2D eigenvalue weighted by Gasteiger charge is 2.40. The molecule has 1 heterocycles. The minimum absolute atomic E-state index is 0.00995. The molecule has 1 aliphatic heterocycles. The van der Waals surface area contributed by atoms with Crippen molar-refractivity contribution in [3.63, 3.8) is 0 Å². The smallest absolute Gasteiger partial charge is 0.232 e. The van der Waals surface area contributed by atoms with Gasteiger partial charge in [-0.25, -0.2) is 8.42 Å². The summed E-state index contributed by atoms with van der Waals surface area (Å²) in [4.78, 5) is 0. The fraction of sp³-hybridized carbons (Fsp3) is 0.538. The lowest BCUT2D eigenvalue weighted by Gasteiger charge is -2.31. The second-order valence-electron chi connectivity index (χ2n) is 5.11. The standard InChI is InChI=1S/C13H18ClNO5S/c1-13(19-8-12(7-16)20-13)9-15(21(2,17)18)11-5-3-10(14)4-6-11/h3-6,12,16H,7-9H2,1-2H3. The average molecular weight is 336 g/mol. The predicted octanol–water partition coefficient (Wildman–Crippen LogP) is 1.23. The first-order valence-electron chi connectivity index (χ1n) is 6.39. The van der Waals surface area contributed by atoms with E-state index in [1.165, 1.54) is 4.31 Å². The number of hydrogen-bond donors (Lipinski definition) is 1. The topological polar surface area (TPSA) is 76.1 Å². The van der Waals surface area contributed by atoms with Crippen molar-refractivity contribution in [2.24, 2.45) is 0 Å². The molecule has 6 nitrogen and oxygen atoms in total. The summed E-state index contributed by atoms with van der Waals surface area (Å²) >= 11 is 5.82. The Balaban J connectivity index is 2.24. The molecule has 0 aliphatic carbocycles. The first-order chi connectivity index (χ1) is 9.73. The monoisotopic (exact) mass is 335 g/mol. The summed E-state index contributed by atoms with van der Waals surface area (Å²) in [6, 6.07) is 6.46. The number of nitrogens with zero attached hydrogens (tertiary/aromatic N) is 1. The van der Waals surface area contributed by atoms with Crippen LogP contribution in [0.4, 0.5) is 5.69 Å². The van der Waals surface area contributed by atoms with E-state index < -0.39 is 21.9 Å². The number of rotatable bonds is 5. The lowest BCUT2D eigenvalue weighted by atomic mass is 10.2. The van der Waals surface area contributed by atoms with E-state index in [-0.39, 0.29) is 19.8 Å². The fourth-order valence-electron chi connectivity index (χ4n) is 2.13. The van der Waals surface area contributed by atoms with Gasteiger partial charge in [0.25, 0.3) is 0 Å². The van der Waals surface area contributed by atoms with Gasteiger partial charge in [0.05, 0.1) is 31.7 Å². The Hall–Kier alpha value is -0.860. The first-order valence-corrected chi connectivity index (χ1v) is 8.62. The van der Waals surface area contributed by atoms with E-state index >= 15 is 0 Å². The molecule has 1 fully saturated rings. The van der Waals surface area contributed by atoms with Gasteiger partial charge >= 0.3 is 0 Å². The maximum atomic E-state index is 12.0. The number of hydrogen-bond acceptors (Lipinski definition) is 5. The van der Waals surface area contributed by atoms with Crippen molar-refractivity contribution >= 4 is 27.3 Å². The van der Waals surface area contributed by atoms with Crippen molar-refractivity contribution in [3.8, 4) is 0 Å². The van der Waals surface area contributed by atoms with Crippen molar-refractivity contribution < 1.29 is 23.0 Å². The molecule has 1 aliphatic rings. The third kappa shape index (κ3) is 4.08. The Morgan fingerprint density at radius 2 is 2.05 bits per heavy atom. The largest absolute Gasteiger partial charge is 0.394 e. The highest BCUT2D eigenvalue weighted by atomic mass is 35.5. The van der Waals surface area contributed by atoms with Crippen molar-refractivity contribution in [3.05, 3.63) is 29.3 Å². The van der Waals surface area contributed by atoms with E-state index in [9.17, 15) is 8.42 Å². The number of ether oxygens (including phenoxy) is 2. The number of benzene rings is 1. The van der Waals surface area contributed by atoms with Crippen molar-refractivity contribution in [1.29, 1.82) is 0 Å². The number of anilines is 1. The lowest BCUT2D eigenvalue weighted by molar-refractivity contribution is -0.148. The number of sulfonamides is 1. The van der Waals surface area contributed by atoms with Crippen LogP contribution in [0.3, 0.4) is 0 Å². The first kappa shape index (κ1) is 16.5. The zero-order valence-corrected chi connectivity index (χ0v) is 13.4. The van der Waals surface area contributed by atoms with Crippen molar-refractivity contribution in [2.45, 2.75) is 18.8 Å². The maximum absolute atomic E-state index is 12.0. The van der Waals surface area contributed by atoms with E-state index in [4.69, 9.17) is 26.2 Å². The molecule has 0 spiro atoms. The van der Waals surface area contributed by atoms with E-state index in [1.54, 1.807) is 31.2 Å². The van der Waals surface area contributed by atoms with Gasteiger partial charge < -0.3 is 14.6 Å². The molecule has 1 N–H and O–H groups in total. The SMILES string of the molecule is CC1(CN(c2ccc(Cl)cc2)S(C)(=O)=O)OCC(CO)O1. The van der Waals surface area contributed by atoms with Gasteiger partial charge in [0.2, 0.25) is 10.0 Å². The van der Waals surface area contributed by atoms with Crippen LogP contribution in [0.1, 0.15) is 6.92 Å². The molecule has 2 atom stereocenters. The van der Waals surface area contributed by atoms with Gasteiger partial charge in [0.15, 0.2) is 5.79 Å². The zero-order chi connectivity index (χ0) is 15.7. The molecule has 2 rings (SSSR count). The molecule has 1 aromatic rings. The lowest BCUT2D eigenvalue weighted by Crippen LogP contribution is -2.45. The van der Waals surface area contributed by atoms with Crippen LogP contribution in [0, 0.1) is 0 Å². The summed E-state index contributed by atoms with van der Waals surface area (Å²) in [6.07, 6.45) is 0.672. The molecule has 118 valence electrons. The van der Waals surface area contributed by atoms with Crippen LogP contribution in [-0.2, 0) is 19.5 Å². The van der Waals surface area contributed by atoms with E-state index in [2.05, 4.69) is 0 Å². The van der Waals surface area contributed by atoms with E-state index in [1.807, 2.05) is 0 Å². The van der Waals surface area contributed by atoms with E-state index in [0.717, 1.165) is 6.26 Å².